The van der Waals surface area contributed by atoms with Crippen LogP contribution in [0, 0.1) is 0 Å². The van der Waals surface area contributed by atoms with Gasteiger partial charge in [0.15, 0.2) is 0 Å². The Morgan fingerprint density at radius 1 is 1.62 bits per heavy atom. The molecule has 0 aromatic carbocycles. The number of aromatic nitrogens is 1. The van der Waals surface area contributed by atoms with Gasteiger partial charge in [0.05, 0.1) is 22.9 Å². The van der Waals surface area contributed by atoms with Crippen LogP contribution in [0.2, 0.25) is 5.02 Å². The van der Waals surface area contributed by atoms with Crippen LogP contribution in [0.5, 0.6) is 0 Å². The summed E-state index contributed by atoms with van der Waals surface area (Å²) in [5.41, 5.74) is -0.0971. The maximum absolute atomic E-state index is 12.3. The summed E-state index contributed by atoms with van der Waals surface area (Å²) >= 11 is 8.55. The van der Waals surface area contributed by atoms with E-state index in [1.165, 1.54) is 0 Å². The maximum Gasteiger partial charge on any atom is 0.266 e. The zero-order chi connectivity index (χ0) is 10.0. The van der Waals surface area contributed by atoms with Crippen LogP contribution < -0.4 is 0 Å². The van der Waals surface area contributed by atoms with Crippen LogP contribution in [-0.4, -0.2) is 10.1 Å². The Morgan fingerprint density at radius 3 is 2.69 bits per heavy atom. The zero-order valence-corrected chi connectivity index (χ0v) is 8.61. The molecule has 0 aliphatic heterocycles. The fraction of sp³-hybridized carbons (Fsp3) is 0.286. The number of nitrogens with zero attached hydrogens (tertiary/aromatic N) is 1. The molecule has 0 spiro atoms. The van der Waals surface area contributed by atoms with Crippen molar-refractivity contribution in [2.24, 2.45) is 0 Å². The lowest BCUT2D eigenvalue weighted by molar-refractivity contribution is 0.150. The number of hydrogen-bond donors (Lipinski definition) is 1. The quantitative estimate of drug-likeness (QED) is 0.898. The highest BCUT2D eigenvalue weighted by Gasteiger charge is 2.16. The van der Waals surface area contributed by atoms with Crippen molar-refractivity contribution in [1.82, 2.24) is 4.98 Å². The molecule has 0 aliphatic carbocycles. The highest BCUT2D eigenvalue weighted by atomic mass is 79.9. The van der Waals surface area contributed by atoms with E-state index in [1.807, 2.05) is 0 Å². The summed E-state index contributed by atoms with van der Waals surface area (Å²) < 4.78 is 24.6. The van der Waals surface area contributed by atoms with Crippen molar-refractivity contribution in [2.45, 2.75) is 13.0 Å². The molecule has 1 N–H and O–H groups in total. The Morgan fingerprint density at radius 2 is 2.23 bits per heavy atom. The van der Waals surface area contributed by atoms with Crippen molar-refractivity contribution >= 4 is 27.5 Å². The molecule has 1 aromatic rings. The number of aliphatic hydroxyl groups is 1. The summed E-state index contributed by atoms with van der Waals surface area (Å²) in [5.74, 6) is 0. The topological polar surface area (TPSA) is 33.1 Å². The second kappa shape index (κ2) is 4.30. The fourth-order valence-corrected chi connectivity index (χ4v) is 1.50. The minimum Gasteiger partial charge on any atom is -0.390 e. The molecule has 2 nitrogen and oxygen atoms in total. The number of hydrogen-bond acceptors (Lipinski definition) is 2. The van der Waals surface area contributed by atoms with E-state index in [-0.39, 0.29) is 27.4 Å². The van der Waals surface area contributed by atoms with Gasteiger partial charge in [-0.15, -0.1) is 0 Å². The first-order valence-corrected chi connectivity index (χ1v) is 4.46. The third kappa shape index (κ3) is 2.15. The molecule has 1 aromatic heterocycles. The van der Waals surface area contributed by atoms with E-state index in [0.717, 1.165) is 6.20 Å². The van der Waals surface area contributed by atoms with E-state index in [4.69, 9.17) is 16.7 Å². The van der Waals surface area contributed by atoms with Crippen LogP contribution in [-0.2, 0) is 6.61 Å². The molecular formula is C7H5BrClF2NO. The third-order valence-electron chi connectivity index (χ3n) is 1.44. The van der Waals surface area contributed by atoms with Gasteiger partial charge in [-0.25, -0.2) is 8.78 Å². The van der Waals surface area contributed by atoms with E-state index in [9.17, 15) is 8.78 Å². The van der Waals surface area contributed by atoms with Gasteiger partial charge in [-0.3, -0.25) is 4.98 Å². The summed E-state index contributed by atoms with van der Waals surface area (Å²) in [4.78, 5) is 3.59. The lowest BCUT2D eigenvalue weighted by Gasteiger charge is -2.06. The molecular weight excluding hydrogens is 267 g/mol. The van der Waals surface area contributed by atoms with Crippen molar-refractivity contribution in [3.05, 3.63) is 26.9 Å². The second-order valence-electron chi connectivity index (χ2n) is 2.25. The molecule has 0 bridgehead atoms. The normalized spacial score (nSPS) is 10.9. The highest BCUT2D eigenvalue weighted by Crippen LogP contribution is 2.33. The van der Waals surface area contributed by atoms with Crippen LogP contribution in [0.25, 0.3) is 0 Å². The second-order valence-corrected chi connectivity index (χ2v) is 3.42. The first-order chi connectivity index (χ1) is 6.07. The molecule has 1 rings (SSSR count). The van der Waals surface area contributed by atoms with Crippen LogP contribution in [0.4, 0.5) is 8.78 Å². The van der Waals surface area contributed by atoms with Crippen molar-refractivity contribution in [2.75, 3.05) is 0 Å². The van der Waals surface area contributed by atoms with E-state index in [0.29, 0.717) is 0 Å². The summed E-state index contributed by atoms with van der Waals surface area (Å²) in [6.07, 6.45) is -1.64. The first-order valence-electron chi connectivity index (χ1n) is 3.29. The van der Waals surface area contributed by atoms with Crippen LogP contribution in [0.15, 0.2) is 10.7 Å². The molecule has 0 aliphatic rings. The van der Waals surface area contributed by atoms with Gasteiger partial charge in [-0.1, -0.05) is 11.6 Å². The Labute approximate surface area is 86.7 Å². The largest absolute Gasteiger partial charge is 0.390 e. The molecule has 0 saturated carbocycles. The van der Waals surface area contributed by atoms with Crippen LogP contribution in [0.1, 0.15) is 17.7 Å². The van der Waals surface area contributed by atoms with Gasteiger partial charge in [0.25, 0.3) is 6.43 Å². The minimum atomic E-state index is -2.63. The molecule has 0 fully saturated rings. The van der Waals surface area contributed by atoms with Gasteiger partial charge in [0.1, 0.15) is 0 Å². The van der Waals surface area contributed by atoms with Crippen LogP contribution in [0.3, 0.4) is 0 Å². The molecule has 0 radical (unpaired) electrons. The lowest BCUT2D eigenvalue weighted by atomic mass is 10.2. The fourth-order valence-electron chi connectivity index (χ4n) is 0.777. The van der Waals surface area contributed by atoms with E-state index >= 15 is 0 Å². The number of halogens is 4. The van der Waals surface area contributed by atoms with Gasteiger partial charge in [-0.05, 0) is 15.9 Å². The monoisotopic (exact) mass is 271 g/mol. The van der Waals surface area contributed by atoms with Gasteiger partial charge in [0.2, 0.25) is 0 Å². The van der Waals surface area contributed by atoms with E-state index < -0.39 is 6.43 Å². The molecule has 72 valence electrons. The van der Waals surface area contributed by atoms with Crippen molar-refractivity contribution < 1.29 is 13.9 Å². The number of alkyl halides is 2. The first kappa shape index (κ1) is 10.8. The molecule has 1 heterocycles. The maximum atomic E-state index is 12.3. The number of pyridine rings is 1. The summed E-state index contributed by atoms with van der Waals surface area (Å²) in [5, 5.41) is 8.75. The molecule has 13 heavy (non-hydrogen) atoms. The smallest absolute Gasteiger partial charge is 0.266 e. The van der Waals surface area contributed by atoms with Gasteiger partial charge < -0.3 is 5.11 Å². The van der Waals surface area contributed by atoms with Crippen molar-refractivity contribution in [1.29, 1.82) is 0 Å². The molecule has 0 saturated heterocycles. The summed E-state index contributed by atoms with van der Waals surface area (Å²) in [7, 11) is 0. The van der Waals surface area contributed by atoms with Crippen molar-refractivity contribution in [3.63, 3.8) is 0 Å². The Hall–Kier alpha value is -0.260. The lowest BCUT2D eigenvalue weighted by Crippen LogP contribution is -1.96. The average Bonchev–Trinajstić information content (AvgIpc) is 2.09. The predicted molar refractivity (Wildman–Crippen MR) is 47.8 cm³/mol. The summed E-state index contributed by atoms with van der Waals surface area (Å²) in [6, 6.07) is 0. The van der Waals surface area contributed by atoms with Gasteiger partial charge >= 0.3 is 0 Å². The average molecular weight is 272 g/mol. The zero-order valence-electron chi connectivity index (χ0n) is 6.27. The summed E-state index contributed by atoms with van der Waals surface area (Å²) in [6.45, 7) is -0.374. The van der Waals surface area contributed by atoms with Crippen molar-refractivity contribution in [3.8, 4) is 0 Å². The van der Waals surface area contributed by atoms with E-state index in [1.54, 1.807) is 0 Å². The van der Waals surface area contributed by atoms with Crippen LogP contribution >= 0.6 is 27.5 Å². The van der Waals surface area contributed by atoms with Gasteiger partial charge in [-0.2, -0.15) is 0 Å². The Balaban J connectivity index is 3.23. The minimum absolute atomic E-state index is 0.0281. The third-order valence-corrected chi connectivity index (χ3v) is 2.93. The SMILES string of the molecule is OCc1ncc(C(F)F)c(Br)c1Cl. The Kier molecular flexibility index (Phi) is 3.58. The predicted octanol–water partition coefficient (Wildman–Crippen LogP) is 2.93. The van der Waals surface area contributed by atoms with E-state index in [2.05, 4.69) is 20.9 Å². The molecule has 6 heteroatoms. The molecule has 0 amide bonds. The van der Waals surface area contributed by atoms with Gasteiger partial charge in [0, 0.05) is 10.7 Å². The molecule has 0 atom stereocenters. The Bertz CT molecular complexity index is 322. The number of rotatable bonds is 2. The molecule has 0 unspecified atom stereocenters. The highest BCUT2D eigenvalue weighted by molar-refractivity contribution is 9.10. The number of aliphatic hydroxyl groups excluding tert-OH is 1. The standard InChI is InChI=1S/C7H5BrClF2NO/c8-5-3(7(10)11)1-12-4(2-13)6(5)9/h1,7,13H,2H2.